The zero-order valence-electron chi connectivity index (χ0n) is 16.7. The van der Waals surface area contributed by atoms with Crippen molar-refractivity contribution in [3.05, 3.63) is 60.4 Å². The highest BCUT2D eigenvalue weighted by molar-refractivity contribution is 7.89. The molecule has 1 amide bonds. The zero-order chi connectivity index (χ0) is 21.6. The van der Waals surface area contributed by atoms with Gasteiger partial charge in [0.05, 0.1) is 10.4 Å². The molecule has 0 saturated carbocycles. The molecule has 3 rings (SSSR count). The molecule has 2 aromatic carbocycles. The first-order chi connectivity index (χ1) is 14.3. The fourth-order valence-corrected chi connectivity index (χ4v) is 4.90. The third kappa shape index (κ3) is 5.56. The fraction of sp³-hybridized carbons (Fsp3) is 0.381. The molecule has 2 aromatic rings. The monoisotopic (exact) mass is 436 g/mol. The number of carbonyl (C=O) groups is 1. The van der Waals surface area contributed by atoms with E-state index < -0.39 is 15.6 Å². The Hall–Kier alpha value is -2.49. The van der Waals surface area contributed by atoms with E-state index >= 15 is 0 Å². The largest absolute Gasteiger partial charge is 0.484 e. The summed E-state index contributed by atoms with van der Waals surface area (Å²) in [5, 5.41) is 0. The Kier molecular flexibility index (Phi) is 7.06. The van der Waals surface area contributed by atoms with Crippen LogP contribution in [0.5, 0.6) is 5.75 Å². The molecule has 9 heteroatoms. The number of hydrogen-bond acceptors (Lipinski definition) is 5. The predicted octanol–water partition coefficient (Wildman–Crippen LogP) is 2.19. The molecular formula is C21H25FN2O5S. The van der Waals surface area contributed by atoms with Gasteiger partial charge in [0.1, 0.15) is 11.6 Å². The fourth-order valence-electron chi connectivity index (χ4n) is 3.43. The number of nitrogens with one attached hydrogen (secondary N) is 1. The molecule has 30 heavy (non-hydrogen) atoms. The van der Waals surface area contributed by atoms with Crippen LogP contribution in [0.25, 0.3) is 0 Å². The third-order valence-corrected chi connectivity index (χ3v) is 6.67. The smallest absolute Gasteiger partial charge is 0.260 e. The van der Waals surface area contributed by atoms with Gasteiger partial charge in [-0.15, -0.1) is 0 Å². The van der Waals surface area contributed by atoms with Crippen LogP contribution in [0, 0.1) is 5.82 Å². The minimum atomic E-state index is -3.75. The SMILES string of the molecule is COCCC1(NS(=O)(=O)c2ccccc2)CCN(C(=O)COc2ccc(F)cc2)C1. The number of hydrogen-bond donors (Lipinski definition) is 1. The summed E-state index contributed by atoms with van der Waals surface area (Å²) < 4.78 is 52.1. The molecule has 0 bridgehead atoms. The summed E-state index contributed by atoms with van der Waals surface area (Å²) in [4.78, 5) is 14.3. The van der Waals surface area contributed by atoms with Gasteiger partial charge in [-0.25, -0.2) is 17.5 Å². The lowest BCUT2D eigenvalue weighted by Crippen LogP contribution is -2.51. The zero-order valence-corrected chi connectivity index (χ0v) is 17.5. The van der Waals surface area contributed by atoms with Gasteiger partial charge in [0, 0.05) is 26.8 Å². The Bertz CT molecular complexity index is 953. The van der Waals surface area contributed by atoms with Gasteiger partial charge in [-0.1, -0.05) is 18.2 Å². The average molecular weight is 437 g/mol. The molecule has 0 aliphatic carbocycles. The minimum absolute atomic E-state index is 0.172. The van der Waals surface area contributed by atoms with Crippen LogP contribution < -0.4 is 9.46 Å². The van der Waals surface area contributed by atoms with Gasteiger partial charge in [0.25, 0.3) is 5.91 Å². The molecule has 1 aliphatic rings. The van der Waals surface area contributed by atoms with Gasteiger partial charge >= 0.3 is 0 Å². The van der Waals surface area contributed by atoms with E-state index in [0.29, 0.717) is 31.7 Å². The van der Waals surface area contributed by atoms with Crippen LogP contribution >= 0.6 is 0 Å². The lowest BCUT2D eigenvalue weighted by molar-refractivity contribution is -0.132. The van der Waals surface area contributed by atoms with Crippen LogP contribution in [0.1, 0.15) is 12.8 Å². The summed E-state index contributed by atoms with van der Waals surface area (Å²) in [6, 6.07) is 13.5. The molecule has 1 heterocycles. The van der Waals surface area contributed by atoms with E-state index in [1.54, 1.807) is 30.2 Å². The van der Waals surface area contributed by atoms with Crippen molar-refractivity contribution in [3.8, 4) is 5.75 Å². The van der Waals surface area contributed by atoms with Crippen LogP contribution in [0.15, 0.2) is 59.5 Å². The number of amides is 1. The average Bonchev–Trinajstić information content (AvgIpc) is 3.16. The topological polar surface area (TPSA) is 84.9 Å². The lowest BCUT2D eigenvalue weighted by Gasteiger charge is -2.30. The maximum Gasteiger partial charge on any atom is 0.260 e. The first-order valence-electron chi connectivity index (χ1n) is 9.58. The Balaban J connectivity index is 1.67. The second-order valence-electron chi connectivity index (χ2n) is 7.25. The summed E-state index contributed by atoms with van der Waals surface area (Å²) in [5.41, 5.74) is -0.823. The number of halogens is 1. The molecule has 1 atom stereocenters. The van der Waals surface area contributed by atoms with Crippen molar-refractivity contribution in [1.29, 1.82) is 0 Å². The maximum atomic E-state index is 13.0. The number of sulfonamides is 1. The van der Waals surface area contributed by atoms with E-state index in [-0.39, 0.29) is 29.8 Å². The van der Waals surface area contributed by atoms with Crippen LogP contribution in [0.2, 0.25) is 0 Å². The minimum Gasteiger partial charge on any atom is -0.484 e. The van der Waals surface area contributed by atoms with Gasteiger partial charge in [0.2, 0.25) is 10.0 Å². The van der Waals surface area contributed by atoms with Crippen LogP contribution in [0.4, 0.5) is 4.39 Å². The van der Waals surface area contributed by atoms with E-state index in [1.807, 2.05) is 0 Å². The van der Waals surface area contributed by atoms with Gasteiger partial charge in [-0.3, -0.25) is 4.79 Å². The number of benzene rings is 2. The molecule has 1 fully saturated rings. The number of methoxy groups -OCH3 is 1. The van der Waals surface area contributed by atoms with E-state index in [2.05, 4.69) is 4.72 Å². The van der Waals surface area contributed by atoms with Crippen molar-refractivity contribution >= 4 is 15.9 Å². The van der Waals surface area contributed by atoms with Gasteiger partial charge in [-0.05, 0) is 49.2 Å². The molecule has 162 valence electrons. The Labute approximate surface area is 175 Å². The second-order valence-corrected chi connectivity index (χ2v) is 8.93. The number of ether oxygens (including phenoxy) is 2. The summed E-state index contributed by atoms with van der Waals surface area (Å²) >= 11 is 0. The molecule has 1 N–H and O–H groups in total. The van der Waals surface area contributed by atoms with Gasteiger partial charge in [0.15, 0.2) is 6.61 Å². The third-order valence-electron chi connectivity index (χ3n) is 5.07. The van der Waals surface area contributed by atoms with Crippen molar-refractivity contribution in [1.82, 2.24) is 9.62 Å². The normalized spacial score (nSPS) is 19.1. The molecule has 1 saturated heterocycles. The van der Waals surface area contributed by atoms with Crippen molar-refractivity contribution in [2.45, 2.75) is 23.3 Å². The quantitative estimate of drug-likeness (QED) is 0.651. The highest BCUT2D eigenvalue weighted by Gasteiger charge is 2.42. The van der Waals surface area contributed by atoms with Gasteiger partial charge < -0.3 is 14.4 Å². The number of likely N-dealkylation sites (tertiary alicyclic amines) is 1. The van der Waals surface area contributed by atoms with Crippen LogP contribution in [-0.4, -0.2) is 58.2 Å². The summed E-state index contributed by atoms with van der Waals surface area (Å²) in [7, 11) is -2.20. The molecule has 1 aliphatic heterocycles. The number of carbonyl (C=O) groups excluding carboxylic acids is 1. The molecular weight excluding hydrogens is 411 g/mol. The molecule has 7 nitrogen and oxygen atoms in total. The van der Waals surface area contributed by atoms with Crippen molar-refractivity contribution < 1.29 is 27.1 Å². The first-order valence-corrected chi connectivity index (χ1v) is 11.1. The maximum absolute atomic E-state index is 13.0. The highest BCUT2D eigenvalue weighted by atomic mass is 32.2. The van der Waals surface area contributed by atoms with E-state index in [1.165, 1.54) is 36.4 Å². The van der Waals surface area contributed by atoms with Crippen LogP contribution in [-0.2, 0) is 19.6 Å². The lowest BCUT2D eigenvalue weighted by atomic mass is 9.96. The van der Waals surface area contributed by atoms with Gasteiger partial charge in [-0.2, -0.15) is 0 Å². The first kappa shape index (κ1) is 22.2. The molecule has 0 spiro atoms. The highest BCUT2D eigenvalue weighted by Crippen LogP contribution is 2.28. The standard InChI is InChI=1S/C21H25FN2O5S/c1-28-14-12-21(23-30(26,27)19-5-3-2-4-6-19)11-13-24(16-21)20(25)15-29-18-9-7-17(22)8-10-18/h2-10,23H,11-16H2,1H3. The Morgan fingerprint density at radius 3 is 2.53 bits per heavy atom. The van der Waals surface area contributed by atoms with Crippen molar-refractivity contribution in [2.24, 2.45) is 0 Å². The molecule has 0 radical (unpaired) electrons. The second kappa shape index (κ2) is 9.55. The Morgan fingerprint density at radius 2 is 1.87 bits per heavy atom. The van der Waals surface area contributed by atoms with Crippen LogP contribution in [0.3, 0.4) is 0 Å². The number of rotatable bonds is 9. The summed E-state index contributed by atoms with van der Waals surface area (Å²) in [6.45, 7) is 0.753. The predicted molar refractivity (Wildman–Crippen MR) is 109 cm³/mol. The van der Waals surface area contributed by atoms with E-state index in [4.69, 9.17) is 9.47 Å². The summed E-state index contributed by atoms with van der Waals surface area (Å²) in [6.07, 6.45) is 0.892. The molecule has 1 unspecified atom stereocenters. The summed E-state index contributed by atoms with van der Waals surface area (Å²) in [5.74, 6) is -0.265. The van der Waals surface area contributed by atoms with Crippen molar-refractivity contribution in [3.63, 3.8) is 0 Å². The molecule has 0 aromatic heterocycles. The van der Waals surface area contributed by atoms with E-state index in [9.17, 15) is 17.6 Å². The van der Waals surface area contributed by atoms with Crippen molar-refractivity contribution in [2.75, 3.05) is 33.4 Å². The van der Waals surface area contributed by atoms with E-state index in [0.717, 1.165) is 0 Å². The number of nitrogens with zero attached hydrogens (tertiary/aromatic N) is 1. The Morgan fingerprint density at radius 1 is 1.17 bits per heavy atom.